The van der Waals surface area contributed by atoms with Crippen LogP contribution in [-0.4, -0.2) is 21.6 Å². The molecule has 0 aliphatic carbocycles. The van der Waals surface area contributed by atoms with Gasteiger partial charge in [-0.1, -0.05) is 13.3 Å². The number of aromatic nitrogens is 1. The molecule has 0 bridgehead atoms. The minimum Gasteiger partial charge on any atom is -0.502 e. The first kappa shape index (κ1) is 13.3. The van der Waals surface area contributed by atoms with Gasteiger partial charge in [-0.25, -0.2) is 0 Å². The number of aromatic hydroxyl groups is 1. The van der Waals surface area contributed by atoms with Crippen molar-refractivity contribution >= 4 is 5.91 Å². The van der Waals surface area contributed by atoms with E-state index in [-0.39, 0.29) is 11.6 Å². The van der Waals surface area contributed by atoms with E-state index >= 15 is 0 Å². The molecule has 2 N–H and O–H groups in total. The third-order valence-corrected chi connectivity index (χ3v) is 2.59. The Morgan fingerprint density at radius 1 is 1.59 bits per heavy atom. The van der Waals surface area contributed by atoms with Crippen LogP contribution in [0.25, 0.3) is 0 Å². The average Bonchev–Trinajstić information content (AvgIpc) is 2.26. The standard InChI is InChI=1S/C12H18N2O3/c1-4-5-8(2)13-11(16)9-6-7-14(3)12(17)10(9)15/h6-8,15H,4-5H2,1-3H3,(H,13,16). The molecule has 0 spiro atoms. The molecule has 0 aromatic carbocycles. The Bertz CT molecular complexity index is 465. The Balaban J connectivity index is 2.90. The van der Waals surface area contributed by atoms with E-state index in [1.807, 2.05) is 13.8 Å². The number of nitrogens with zero attached hydrogens (tertiary/aromatic N) is 1. The zero-order valence-electron chi connectivity index (χ0n) is 10.4. The lowest BCUT2D eigenvalue weighted by atomic mass is 10.1. The number of hydrogen-bond donors (Lipinski definition) is 2. The molecular formula is C12H18N2O3. The molecule has 1 aromatic heterocycles. The molecule has 1 heterocycles. The fourth-order valence-corrected chi connectivity index (χ4v) is 1.61. The summed E-state index contributed by atoms with van der Waals surface area (Å²) in [6, 6.07) is 1.46. The van der Waals surface area contributed by atoms with Crippen molar-refractivity contribution in [3.63, 3.8) is 0 Å². The molecular weight excluding hydrogens is 220 g/mol. The van der Waals surface area contributed by atoms with E-state index in [9.17, 15) is 14.7 Å². The van der Waals surface area contributed by atoms with Gasteiger partial charge in [0.25, 0.3) is 11.5 Å². The maximum Gasteiger partial charge on any atom is 0.293 e. The van der Waals surface area contributed by atoms with Crippen molar-refractivity contribution in [3.05, 3.63) is 28.2 Å². The summed E-state index contributed by atoms with van der Waals surface area (Å²) in [4.78, 5) is 23.2. The van der Waals surface area contributed by atoms with Crippen molar-refractivity contribution < 1.29 is 9.90 Å². The molecule has 5 heteroatoms. The maximum atomic E-state index is 11.8. The van der Waals surface area contributed by atoms with E-state index in [4.69, 9.17) is 0 Å². The van der Waals surface area contributed by atoms with Crippen molar-refractivity contribution in [2.75, 3.05) is 0 Å². The van der Waals surface area contributed by atoms with Crippen molar-refractivity contribution in [3.8, 4) is 5.75 Å². The van der Waals surface area contributed by atoms with Crippen LogP contribution in [0.15, 0.2) is 17.1 Å². The Kier molecular flexibility index (Phi) is 4.31. The number of carbonyl (C=O) groups excluding carboxylic acids is 1. The molecule has 1 unspecified atom stereocenters. The highest BCUT2D eigenvalue weighted by molar-refractivity contribution is 5.96. The molecule has 0 saturated heterocycles. The number of carbonyl (C=O) groups is 1. The highest BCUT2D eigenvalue weighted by Crippen LogP contribution is 2.10. The van der Waals surface area contributed by atoms with Crippen LogP contribution in [0.4, 0.5) is 0 Å². The second-order valence-corrected chi connectivity index (χ2v) is 4.16. The Morgan fingerprint density at radius 3 is 2.82 bits per heavy atom. The molecule has 1 amide bonds. The lowest BCUT2D eigenvalue weighted by Crippen LogP contribution is -2.33. The molecule has 0 aliphatic heterocycles. The molecule has 94 valence electrons. The molecule has 0 saturated carbocycles. The van der Waals surface area contributed by atoms with Gasteiger partial charge in [0.2, 0.25) is 0 Å². The Hall–Kier alpha value is -1.78. The van der Waals surface area contributed by atoms with E-state index in [2.05, 4.69) is 5.32 Å². The zero-order valence-corrected chi connectivity index (χ0v) is 10.4. The number of nitrogens with one attached hydrogen (secondary N) is 1. The number of rotatable bonds is 4. The van der Waals surface area contributed by atoms with Gasteiger partial charge >= 0.3 is 0 Å². The number of aryl methyl sites for hydroxylation is 1. The maximum absolute atomic E-state index is 11.8. The fourth-order valence-electron chi connectivity index (χ4n) is 1.61. The number of amides is 1. The molecule has 1 aromatic rings. The zero-order chi connectivity index (χ0) is 13.0. The normalized spacial score (nSPS) is 12.2. The van der Waals surface area contributed by atoms with Crippen LogP contribution in [0.5, 0.6) is 5.75 Å². The van der Waals surface area contributed by atoms with Crippen molar-refractivity contribution in [1.82, 2.24) is 9.88 Å². The SMILES string of the molecule is CCCC(C)NC(=O)c1ccn(C)c(=O)c1O. The van der Waals surface area contributed by atoms with E-state index in [0.717, 1.165) is 12.8 Å². The molecule has 5 nitrogen and oxygen atoms in total. The molecule has 0 fully saturated rings. The highest BCUT2D eigenvalue weighted by atomic mass is 16.3. The van der Waals surface area contributed by atoms with Gasteiger partial charge in [-0.3, -0.25) is 9.59 Å². The van der Waals surface area contributed by atoms with Crippen LogP contribution in [0.3, 0.4) is 0 Å². The minimum atomic E-state index is -0.569. The molecule has 17 heavy (non-hydrogen) atoms. The summed E-state index contributed by atoms with van der Waals surface area (Å²) < 4.78 is 1.22. The second-order valence-electron chi connectivity index (χ2n) is 4.16. The van der Waals surface area contributed by atoms with Gasteiger partial charge in [-0.05, 0) is 19.4 Å². The van der Waals surface area contributed by atoms with Crippen LogP contribution < -0.4 is 10.9 Å². The predicted octanol–water partition coefficient (Wildman–Crippen LogP) is 1.01. The molecule has 0 radical (unpaired) electrons. The van der Waals surface area contributed by atoms with Gasteiger partial charge < -0.3 is 15.0 Å². The summed E-state index contributed by atoms with van der Waals surface area (Å²) in [7, 11) is 1.52. The summed E-state index contributed by atoms with van der Waals surface area (Å²) in [5.74, 6) is -0.919. The van der Waals surface area contributed by atoms with Crippen LogP contribution in [-0.2, 0) is 7.05 Å². The lowest BCUT2D eigenvalue weighted by Gasteiger charge is -2.13. The third kappa shape index (κ3) is 3.09. The first-order valence-electron chi connectivity index (χ1n) is 5.66. The van der Waals surface area contributed by atoms with Gasteiger partial charge in [0.15, 0.2) is 5.75 Å². The first-order valence-corrected chi connectivity index (χ1v) is 5.66. The molecule has 0 aliphatic rings. The summed E-state index contributed by atoms with van der Waals surface area (Å²) in [6.45, 7) is 3.91. The molecule has 1 rings (SSSR count). The summed E-state index contributed by atoms with van der Waals surface area (Å²) >= 11 is 0. The van der Waals surface area contributed by atoms with Gasteiger partial charge in [-0.2, -0.15) is 0 Å². The van der Waals surface area contributed by atoms with Crippen LogP contribution in [0, 0.1) is 0 Å². The van der Waals surface area contributed by atoms with Crippen molar-refractivity contribution in [2.45, 2.75) is 32.7 Å². The monoisotopic (exact) mass is 238 g/mol. The van der Waals surface area contributed by atoms with Crippen LogP contribution in [0.2, 0.25) is 0 Å². The summed E-state index contributed by atoms with van der Waals surface area (Å²) in [6.07, 6.45) is 3.28. The van der Waals surface area contributed by atoms with Crippen LogP contribution in [0.1, 0.15) is 37.0 Å². The number of hydrogen-bond acceptors (Lipinski definition) is 3. The average molecular weight is 238 g/mol. The van der Waals surface area contributed by atoms with Gasteiger partial charge in [0, 0.05) is 19.3 Å². The minimum absolute atomic E-state index is 0.0240. The Morgan fingerprint density at radius 2 is 2.24 bits per heavy atom. The van der Waals surface area contributed by atoms with E-state index in [0.29, 0.717) is 0 Å². The topological polar surface area (TPSA) is 71.3 Å². The number of pyridine rings is 1. The predicted molar refractivity (Wildman–Crippen MR) is 65.2 cm³/mol. The van der Waals surface area contributed by atoms with Crippen LogP contribution >= 0.6 is 0 Å². The first-order chi connectivity index (χ1) is 7.97. The highest BCUT2D eigenvalue weighted by Gasteiger charge is 2.16. The van der Waals surface area contributed by atoms with Crippen molar-refractivity contribution in [2.24, 2.45) is 7.05 Å². The lowest BCUT2D eigenvalue weighted by molar-refractivity contribution is 0.0935. The summed E-state index contributed by atoms with van der Waals surface area (Å²) in [5, 5.41) is 12.3. The fraction of sp³-hybridized carbons (Fsp3) is 0.500. The molecule has 1 atom stereocenters. The third-order valence-electron chi connectivity index (χ3n) is 2.59. The van der Waals surface area contributed by atoms with Gasteiger partial charge in [0.1, 0.15) is 0 Å². The van der Waals surface area contributed by atoms with E-state index in [1.165, 1.54) is 23.9 Å². The smallest absolute Gasteiger partial charge is 0.293 e. The van der Waals surface area contributed by atoms with Gasteiger partial charge in [0.05, 0.1) is 5.56 Å². The van der Waals surface area contributed by atoms with Gasteiger partial charge in [-0.15, -0.1) is 0 Å². The summed E-state index contributed by atoms with van der Waals surface area (Å²) in [5.41, 5.74) is -0.545. The quantitative estimate of drug-likeness (QED) is 0.822. The second kappa shape index (κ2) is 5.52. The van der Waals surface area contributed by atoms with E-state index < -0.39 is 17.2 Å². The largest absolute Gasteiger partial charge is 0.502 e. The van der Waals surface area contributed by atoms with E-state index in [1.54, 1.807) is 0 Å². The Labute approximate surface area is 100 Å². The van der Waals surface area contributed by atoms with Crippen molar-refractivity contribution in [1.29, 1.82) is 0 Å².